The maximum absolute atomic E-state index is 12.5. The van der Waals surface area contributed by atoms with E-state index in [0.29, 0.717) is 11.5 Å². The Morgan fingerprint density at radius 3 is 1.29 bits per heavy atom. The van der Waals surface area contributed by atoms with Crippen LogP contribution in [-0.4, -0.2) is 16.8 Å². The van der Waals surface area contributed by atoms with Gasteiger partial charge in [-0.15, -0.1) is 0 Å². The molecular weight excluding hydrogens is 448 g/mol. The van der Waals surface area contributed by atoms with E-state index in [4.69, 9.17) is 17.8 Å². The lowest BCUT2D eigenvalue weighted by molar-refractivity contribution is -0.0124. The van der Waals surface area contributed by atoms with Gasteiger partial charge >= 0.3 is 11.4 Å². The van der Waals surface area contributed by atoms with E-state index in [9.17, 15) is 4.21 Å². The molecule has 0 fully saturated rings. The molecule has 0 aliphatic heterocycles. The van der Waals surface area contributed by atoms with Crippen molar-refractivity contribution in [1.82, 2.24) is 0 Å². The standard InChI is InChI=1S/C28H26O5S/c1-21(30-27-19-11-9-17-25(27)23-13-5-3-6-14-23)32-34(29)33-22(2)31-28-20-12-10-18-26(28)24-15-7-4-8-16-24/h3-22H,1-2H3. The zero-order valence-electron chi connectivity index (χ0n) is 19.0. The molecule has 0 spiro atoms. The second kappa shape index (κ2) is 11.6. The normalized spacial score (nSPS) is 13.6. The number of hydrogen-bond acceptors (Lipinski definition) is 5. The summed E-state index contributed by atoms with van der Waals surface area (Å²) in [6.45, 7) is 3.33. The summed E-state index contributed by atoms with van der Waals surface area (Å²) in [5, 5.41) is 0. The van der Waals surface area contributed by atoms with Gasteiger partial charge in [0, 0.05) is 11.1 Å². The summed E-state index contributed by atoms with van der Waals surface area (Å²) in [6.07, 6.45) is -1.62. The maximum Gasteiger partial charge on any atom is 0.311 e. The molecule has 0 bridgehead atoms. The Bertz CT molecular complexity index is 1120. The Balaban J connectivity index is 1.35. The summed E-state index contributed by atoms with van der Waals surface area (Å²) >= 11 is -2.08. The molecule has 0 aliphatic carbocycles. The first-order chi connectivity index (χ1) is 16.6. The van der Waals surface area contributed by atoms with E-state index in [2.05, 4.69) is 0 Å². The van der Waals surface area contributed by atoms with Crippen LogP contribution in [0.1, 0.15) is 13.8 Å². The van der Waals surface area contributed by atoms with E-state index in [1.165, 1.54) is 0 Å². The molecule has 0 aromatic heterocycles. The van der Waals surface area contributed by atoms with Gasteiger partial charge in [-0.05, 0) is 37.1 Å². The summed E-state index contributed by atoms with van der Waals surface area (Å²) in [5.74, 6) is 1.25. The molecule has 174 valence electrons. The lowest BCUT2D eigenvalue weighted by Gasteiger charge is -2.19. The third-order valence-corrected chi connectivity index (χ3v) is 5.81. The molecule has 0 heterocycles. The summed E-state index contributed by atoms with van der Waals surface area (Å²) in [5.41, 5.74) is 3.86. The van der Waals surface area contributed by atoms with Crippen molar-refractivity contribution < 1.29 is 22.0 Å². The first-order valence-electron chi connectivity index (χ1n) is 11.0. The van der Waals surface area contributed by atoms with E-state index in [0.717, 1.165) is 22.3 Å². The van der Waals surface area contributed by atoms with Crippen molar-refractivity contribution in [2.75, 3.05) is 0 Å². The zero-order chi connectivity index (χ0) is 23.8. The first kappa shape index (κ1) is 23.7. The molecule has 4 aromatic rings. The highest BCUT2D eigenvalue weighted by Crippen LogP contribution is 2.32. The molecule has 0 amide bonds. The molecule has 5 nitrogen and oxygen atoms in total. The molecular formula is C28H26O5S. The minimum atomic E-state index is -2.08. The van der Waals surface area contributed by atoms with Gasteiger partial charge in [-0.25, -0.2) is 8.37 Å². The smallest absolute Gasteiger partial charge is 0.311 e. The lowest BCUT2D eigenvalue weighted by atomic mass is 10.1. The van der Waals surface area contributed by atoms with Crippen LogP contribution in [0.15, 0.2) is 109 Å². The lowest BCUT2D eigenvalue weighted by Crippen LogP contribution is -2.24. The highest BCUT2D eigenvalue weighted by Gasteiger charge is 2.18. The van der Waals surface area contributed by atoms with Gasteiger partial charge in [0.1, 0.15) is 11.5 Å². The van der Waals surface area contributed by atoms with Crippen LogP contribution in [-0.2, 0) is 19.7 Å². The summed E-state index contributed by atoms with van der Waals surface area (Å²) in [4.78, 5) is 0. The summed E-state index contributed by atoms with van der Waals surface area (Å²) < 4.78 is 35.1. The average molecular weight is 475 g/mol. The van der Waals surface area contributed by atoms with Gasteiger partial charge in [-0.1, -0.05) is 97.1 Å². The van der Waals surface area contributed by atoms with Gasteiger partial charge in [-0.3, -0.25) is 0 Å². The van der Waals surface area contributed by atoms with Crippen LogP contribution >= 0.6 is 0 Å². The van der Waals surface area contributed by atoms with E-state index in [-0.39, 0.29) is 0 Å². The molecule has 0 saturated heterocycles. The fourth-order valence-corrected chi connectivity index (χ4v) is 4.06. The second-order valence-corrected chi connectivity index (χ2v) is 8.29. The number of rotatable bonds is 10. The van der Waals surface area contributed by atoms with Gasteiger partial charge in [-0.2, -0.15) is 4.21 Å². The van der Waals surface area contributed by atoms with Crippen molar-refractivity contribution in [3.05, 3.63) is 109 Å². The fourth-order valence-electron chi connectivity index (χ4n) is 3.49. The molecule has 0 radical (unpaired) electrons. The van der Waals surface area contributed by atoms with Crippen LogP contribution in [0.2, 0.25) is 0 Å². The molecule has 6 heteroatoms. The van der Waals surface area contributed by atoms with E-state index >= 15 is 0 Å². The number of para-hydroxylation sites is 2. The minimum absolute atomic E-state index is 0.624. The average Bonchev–Trinajstić information content (AvgIpc) is 2.85. The Morgan fingerprint density at radius 1 is 0.529 bits per heavy atom. The van der Waals surface area contributed by atoms with Crippen molar-refractivity contribution in [3.63, 3.8) is 0 Å². The third-order valence-electron chi connectivity index (χ3n) is 4.96. The molecule has 0 aliphatic rings. The SMILES string of the molecule is CC(Oc1ccccc1-c1ccccc1)OS(=O)OC(C)Oc1ccccc1-c1ccccc1. The largest absolute Gasteiger partial charge is 0.463 e. The molecule has 34 heavy (non-hydrogen) atoms. The van der Waals surface area contributed by atoms with Crippen LogP contribution in [0.5, 0.6) is 11.5 Å². The quantitative estimate of drug-likeness (QED) is 0.237. The third kappa shape index (κ3) is 6.32. The molecule has 2 atom stereocenters. The van der Waals surface area contributed by atoms with Gasteiger partial charge in [0.25, 0.3) is 0 Å². The van der Waals surface area contributed by atoms with Gasteiger partial charge in [0.2, 0.25) is 12.6 Å². The van der Waals surface area contributed by atoms with Crippen molar-refractivity contribution in [1.29, 1.82) is 0 Å². The van der Waals surface area contributed by atoms with E-state index in [1.807, 2.05) is 109 Å². The predicted molar refractivity (Wildman–Crippen MR) is 134 cm³/mol. The highest BCUT2D eigenvalue weighted by molar-refractivity contribution is 7.75. The van der Waals surface area contributed by atoms with Crippen LogP contribution < -0.4 is 9.47 Å². The van der Waals surface area contributed by atoms with Gasteiger partial charge in [0.15, 0.2) is 0 Å². The van der Waals surface area contributed by atoms with Gasteiger partial charge in [0.05, 0.1) is 0 Å². The monoisotopic (exact) mass is 474 g/mol. The van der Waals surface area contributed by atoms with Crippen LogP contribution in [0.25, 0.3) is 22.3 Å². The second-order valence-electron chi connectivity index (χ2n) is 7.49. The Hall–Kier alpha value is -3.45. The molecule has 2 unspecified atom stereocenters. The van der Waals surface area contributed by atoms with Crippen molar-refractivity contribution in [2.45, 2.75) is 26.4 Å². The van der Waals surface area contributed by atoms with Crippen LogP contribution in [0.4, 0.5) is 0 Å². The Labute approximate surface area is 202 Å². The summed E-state index contributed by atoms with van der Waals surface area (Å²) in [6, 6.07) is 35.0. The van der Waals surface area contributed by atoms with E-state index < -0.39 is 23.9 Å². The van der Waals surface area contributed by atoms with Crippen molar-refractivity contribution in [2.24, 2.45) is 0 Å². The van der Waals surface area contributed by atoms with Crippen molar-refractivity contribution >= 4 is 11.4 Å². The van der Waals surface area contributed by atoms with Crippen molar-refractivity contribution in [3.8, 4) is 33.8 Å². The zero-order valence-corrected chi connectivity index (χ0v) is 19.8. The Kier molecular flexibility index (Phi) is 8.09. The predicted octanol–water partition coefficient (Wildman–Crippen LogP) is 6.78. The fraction of sp³-hybridized carbons (Fsp3) is 0.143. The molecule has 4 rings (SSSR count). The van der Waals surface area contributed by atoms with Crippen LogP contribution in [0.3, 0.4) is 0 Å². The van der Waals surface area contributed by atoms with Gasteiger partial charge < -0.3 is 9.47 Å². The number of benzene rings is 4. The first-order valence-corrected chi connectivity index (χ1v) is 12.0. The highest BCUT2D eigenvalue weighted by atomic mass is 32.2. The topological polar surface area (TPSA) is 54.0 Å². The number of ether oxygens (including phenoxy) is 2. The van der Waals surface area contributed by atoms with E-state index in [1.54, 1.807) is 13.8 Å². The number of hydrogen-bond donors (Lipinski definition) is 0. The minimum Gasteiger partial charge on any atom is -0.463 e. The molecule has 0 saturated carbocycles. The Morgan fingerprint density at radius 2 is 0.882 bits per heavy atom. The maximum atomic E-state index is 12.5. The van der Waals surface area contributed by atoms with Crippen LogP contribution in [0, 0.1) is 0 Å². The molecule has 0 N–H and O–H groups in total. The summed E-state index contributed by atoms with van der Waals surface area (Å²) in [7, 11) is 0. The molecule has 4 aromatic carbocycles.